The van der Waals surface area contributed by atoms with Crippen molar-refractivity contribution in [2.75, 3.05) is 20.3 Å². The molecule has 0 aromatic heterocycles. The Morgan fingerprint density at radius 1 is 1.03 bits per heavy atom. The van der Waals surface area contributed by atoms with Crippen molar-refractivity contribution in [2.45, 2.75) is 59.2 Å². The Labute approximate surface area is 174 Å². The number of aliphatic hydroxyl groups excluding tert-OH is 1. The molecule has 0 spiro atoms. The summed E-state index contributed by atoms with van der Waals surface area (Å²) >= 11 is 0. The molecule has 0 bridgehead atoms. The van der Waals surface area contributed by atoms with E-state index in [9.17, 15) is 4.39 Å². The fourth-order valence-electron chi connectivity index (χ4n) is 3.54. The Bertz CT molecular complexity index is 792. The summed E-state index contributed by atoms with van der Waals surface area (Å²) in [4.78, 5) is 2.41. The normalized spacial score (nSPS) is 13.5. The van der Waals surface area contributed by atoms with Gasteiger partial charge in [-0.05, 0) is 67.6 Å². The zero-order chi connectivity index (χ0) is 21.4. The number of aliphatic hydroxyl groups is 1. The molecule has 2 aromatic rings. The number of nitrogens with zero attached hydrogens (tertiary/aromatic N) is 1. The average molecular weight is 404 g/mol. The number of benzene rings is 2. The summed E-state index contributed by atoms with van der Waals surface area (Å²) in [5, 5.41) is 8.91. The molecule has 0 saturated carbocycles. The molecule has 1 aliphatic rings. The molecule has 1 heterocycles. The lowest BCUT2D eigenvalue weighted by atomic mass is 9.93. The first kappa shape index (κ1) is 23.2. The maximum atomic E-state index is 13.5. The van der Waals surface area contributed by atoms with E-state index in [1.54, 1.807) is 19.2 Å². The quantitative estimate of drug-likeness (QED) is 0.677. The van der Waals surface area contributed by atoms with Crippen molar-refractivity contribution >= 4 is 0 Å². The summed E-state index contributed by atoms with van der Waals surface area (Å²) in [5.41, 5.74) is 3.49. The second-order valence-electron chi connectivity index (χ2n) is 7.64. The Balaban J connectivity index is 0.00000145. The number of rotatable bonds is 8. The van der Waals surface area contributed by atoms with E-state index < -0.39 is 0 Å². The first-order valence-corrected chi connectivity index (χ1v) is 10.4. The van der Waals surface area contributed by atoms with Crippen LogP contribution in [0.3, 0.4) is 0 Å². The lowest BCUT2D eigenvalue weighted by Crippen LogP contribution is -2.40. The SMILES string of the molecule is CC.COc1cc(CCC(C)(C)N2Cc3ccc(F)cc3C2)ccc1OCCO. The van der Waals surface area contributed by atoms with Crippen molar-refractivity contribution in [3.05, 3.63) is 58.9 Å². The Morgan fingerprint density at radius 3 is 2.45 bits per heavy atom. The fraction of sp³-hybridized carbons (Fsp3) is 0.500. The predicted octanol–water partition coefficient (Wildman–Crippen LogP) is 4.96. The van der Waals surface area contributed by atoms with Gasteiger partial charge in [-0.2, -0.15) is 0 Å². The summed E-state index contributed by atoms with van der Waals surface area (Å²) in [6.07, 6.45) is 1.88. The first-order valence-electron chi connectivity index (χ1n) is 10.4. The van der Waals surface area contributed by atoms with E-state index in [1.165, 1.54) is 11.1 Å². The maximum Gasteiger partial charge on any atom is 0.161 e. The van der Waals surface area contributed by atoms with E-state index in [2.05, 4.69) is 18.7 Å². The number of aryl methyl sites for hydroxylation is 1. The molecule has 0 saturated heterocycles. The van der Waals surface area contributed by atoms with Crippen LogP contribution in [-0.4, -0.2) is 35.9 Å². The molecular weight excluding hydrogens is 369 g/mol. The standard InChI is InChI=1S/C22H28FNO3.C2H6/c1-22(2,24-14-17-5-6-19(23)13-18(17)15-24)9-8-16-4-7-20(27-11-10-25)21(12-16)26-3;1-2/h4-7,12-13,25H,8-11,14-15H2,1-3H3;1-2H3. The maximum absolute atomic E-state index is 13.5. The van der Waals surface area contributed by atoms with Crippen LogP contribution in [0.1, 0.15) is 50.8 Å². The predicted molar refractivity (Wildman–Crippen MR) is 115 cm³/mol. The highest BCUT2D eigenvalue weighted by atomic mass is 19.1. The van der Waals surface area contributed by atoms with Crippen LogP contribution < -0.4 is 9.47 Å². The fourth-order valence-corrected chi connectivity index (χ4v) is 3.54. The second-order valence-corrected chi connectivity index (χ2v) is 7.64. The molecule has 0 unspecified atom stereocenters. The molecule has 1 N–H and O–H groups in total. The van der Waals surface area contributed by atoms with Gasteiger partial charge in [0, 0.05) is 18.6 Å². The third-order valence-corrected chi connectivity index (χ3v) is 5.35. The van der Waals surface area contributed by atoms with E-state index in [0.29, 0.717) is 11.5 Å². The smallest absolute Gasteiger partial charge is 0.161 e. The molecular formula is C24H34FNO3. The van der Waals surface area contributed by atoms with Crippen LogP contribution in [0.25, 0.3) is 0 Å². The van der Waals surface area contributed by atoms with Crippen LogP contribution in [0, 0.1) is 5.82 Å². The van der Waals surface area contributed by atoms with Crippen LogP contribution in [0.5, 0.6) is 11.5 Å². The molecule has 1 aliphatic heterocycles. The highest BCUT2D eigenvalue weighted by Crippen LogP contribution is 2.33. The molecule has 0 aliphatic carbocycles. The summed E-state index contributed by atoms with van der Waals surface area (Å²) in [5.74, 6) is 1.17. The van der Waals surface area contributed by atoms with Crippen molar-refractivity contribution in [3.8, 4) is 11.5 Å². The summed E-state index contributed by atoms with van der Waals surface area (Å²) in [6, 6.07) is 11.0. The Kier molecular flexibility index (Phi) is 8.47. The minimum Gasteiger partial charge on any atom is -0.493 e. The molecule has 160 valence electrons. The number of methoxy groups -OCH3 is 1. The largest absolute Gasteiger partial charge is 0.493 e. The van der Waals surface area contributed by atoms with Crippen LogP contribution in [0.15, 0.2) is 36.4 Å². The van der Waals surface area contributed by atoms with Gasteiger partial charge < -0.3 is 14.6 Å². The van der Waals surface area contributed by atoms with Gasteiger partial charge in [-0.25, -0.2) is 4.39 Å². The van der Waals surface area contributed by atoms with Crippen molar-refractivity contribution < 1.29 is 19.0 Å². The minimum atomic E-state index is -0.163. The van der Waals surface area contributed by atoms with E-state index in [4.69, 9.17) is 14.6 Å². The van der Waals surface area contributed by atoms with Crippen LogP contribution in [0.2, 0.25) is 0 Å². The number of halogens is 1. The second kappa shape index (κ2) is 10.6. The number of hydrogen-bond donors (Lipinski definition) is 1. The van der Waals surface area contributed by atoms with Crippen LogP contribution in [-0.2, 0) is 19.5 Å². The van der Waals surface area contributed by atoms with Crippen LogP contribution >= 0.6 is 0 Å². The number of fused-ring (bicyclic) bond motifs is 1. The molecule has 0 radical (unpaired) electrons. The van der Waals surface area contributed by atoms with Gasteiger partial charge in [0.25, 0.3) is 0 Å². The molecule has 5 heteroatoms. The van der Waals surface area contributed by atoms with Crippen LogP contribution in [0.4, 0.5) is 4.39 Å². The molecule has 0 fully saturated rings. The molecule has 4 nitrogen and oxygen atoms in total. The minimum absolute atomic E-state index is 0.00517. The van der Waals surface area contributed by atoms with Gasteiger partial charge in [-0.3, -0.25) is 4.90 Å². The van der Waals surface area contributed by atoms with Crippen molar-refractivity contribution in [3.63, 3.8) is 0 Å². The van der Waals surface area contributed by atoms with E-state index in [0.717, 1.165) is 31.5 Å². The summed E-state index contributed by atoms with van der Waals surface area (Å²) < 4.78 is 24.4. The van der Waals surface area contributed by atoms with E-state index in [1.807, 2.05) is 38.1 Å². The van der Waals surface area contributed by atoms with Gasteiger partial charge in [0.1, 0.15) is 12.4 Å². The van der Waals surface area contributed by atoms with Crippen molar-refractivity contribution in [1.82, 2.24) is 4.90 Å². The average Bonchev–Trinajstić information content (AvgIpc) is 3.16. The third kappa shape index (κ3) is 5.94. The summed E-state index contributed by atoms with van der Waals surface area (Å²) in [6.45, 7) is 10.4. The van der Waals surface area contributed by atoms with Gasteiger partial charge in [-0.15, -0.1) is 0 Å². The molecule has 29 heavy (non-hydrogen) atoms. The van der Waals surface area contributed by atoms with Crippen molar-refractivity contribution in [2.24, 2.45) is 0 Å². The topological polar surface area (TPSA) is 41.9 Å². The van der Waals surface area contributed by atoms with Gasteiger partial charge in [0.05, 0.1) is 13.7 Å². The van der Waals surface area contributed by atoms with Gasteiger partial charge in [0.2, 0.25) is 0 Å². The van der Waals surface area contributed by atoms with Gasteiger partial charge in [-0.1, -0.05) is 26.0 Å². The Morgan fingerprint density at radius 2 is 1.76 bits per heavy atom. The van der Waals surface area contributed by atoms with Crippen molar-refractivity contribution in [1.29, 1.82) is 0 Å². The molecule has 0 atom stereocenters. The highest BCUT2D eigenvalue weighted by Gasteiger charge is 2.31. The molecule has 3 rings (SSSR count). The highest BCUT2D eigenvalue weighted by molar-refractivity contribution is 5.43. The lowest BCUT2D eigenvalue weighted by Gasteiger charge is -2.35. The first-order chi connectivity index (χ1) is 13.9. The van der Waals surface area contributed by atoms with Gasteiger partial charge in [0.15, 0.2) is 11.5 Å². The van der Waals surface area contributed by atoms with E-state index in [-0.39, 0.29) is 24.6 Å². The molecule has 0 amide bonds. The third-order valence-electron chi connectivity index (χ3n) is 5.35. The summed E-state index contributed by atoms with van der Waals surface area (Å²) in [7, 11) is 1.62. The molecule has 2 aromatic carbocycles. The number of ether oxygens (including phenoxy) is 2. The Hall–Kier alpha value is -2.11. The lowest BCUT2D eigenvalue weighted by molar-refractivity contribution is 0.109. The van der Waals surface area contributed by atoms with E-state index >= 15 is 0 Å². The van der Waals surface area contributed by atoms with Gasteiger partial charge >= 0.3 is 0 Å². The number of hydrogen-bond acceptors (Lipinski definition) is 4. The zero-order valence-corrected chi connectivity index (χ0v) is 18.3. The monoisotopic (exact) mass is 403 g/mol. The zero-order valence-electron chi connectivity index (χ0n) is 18.3.